The molecule has 0 unspecified atom stereocenters. The Balaban J connectivity index is 1.62. The van der Waals surface area contributed by atoms with Gasteiger partial charge in [-0.1, -0.05) is 35.9 Å². The summed E-state index contributed by atoms with van der Waals surface area (Å²) in [6.45, 7) is 4.13. The Kier molecular flexibility index (Phi) is 6.20. The van der Waals surface area contributed by atoms with Crippen molar-refractivity contribution in [1.82, 2.24) is 9.88 Å². The topological polar surface area (TPSA) is 60.2 Å². The first kappa shape index (κ1) is 20.9. The molecule has 5 nitrogen and oxygen atoms in total. The number of benzene rings is 2. The molecular weight excluding hydrogens is 408 g/mol. The van der Waals surface area contributed by atoms with Crippen LogP contribution in [0.2, 0.25) is 5.02 Å². The van der Waals surface area contributed by atoms with Crippen molar-refractivity contribution in [1.29, 1.82) is 5.26 Å². The highest BCUT2D eigenvalue weighted by atomic mass is 35.5. The van der Waals surface area contributed by atoms with Crippen molar-refractivity contribution in [3.63, 3.8) is 0 Å². The average Bonchev–Trinajstić information content (AvgIpc) is 3.28. The van der Waals surface area contributed by atoms with Gasteiger partial charge in [0, 0.05) is 49.3 Å². The third-order valence-electron chi connectivity index (χ3n) is 5.83. The van der Waals surface area contributed by atoms with Crippen LogP contribution < -0.4 is 4.90 Å². The first-order chi connectivity index (χ1) is 15.1. The van der Waals surface area contributed by atoms with E-state index in [9.17, 15) is 10.1 Å². The first-order valence-electron chi connectivity index (χ1n) is 10.3. The van der Waals surface area contributed by atoms with E-state index >= 15 is 0 Å². The van der Waals surface area contributed by atoms with Gasteiger partial charge >= 0.3 is 0 Å². The Morgan fingerprint density at radius 3 is 2.71 bits per heavy atom. The minimum Gasteiger partial charge on any atom is -0.362 e. The summed E-state index contributed by atoms with van der Waals surface area (Å²) < 4.78 is 0. The molecule has 156 valence electrons. The Bertz CT molecular complexity index is 1130. The van der Waals surface area contributed by atoms with Crippen molar-refractivity contribution in [3.05, 3.63) is 94.3 Å². The lowest BCUT2D eigenvalue weighted by Gasteiger charge is -2.32. The molecule has 2 aromatic carbocycles. The zero-order chi connectivity index (χ0) is 21.8. The van der Waals surface area contributed by atoms with Crippen molar-refractivity contribution >= 4 is 23.2 Å². The molecule has 0 radical (unpaired) electrons. The van der Waals surface area contributed by atoms with Gasteiger partial charge in [-0.15, -0.1) is 0 Å². The van der Waals surface area contributed by atoms with E-state index in [-0.39, 0.29) is 11.9 Å². The average molecular weight is 431 g/mol. The number of carbonyl (C=O) groups is 1. The number of nitriles is 1. The van der Waals surface area contributed by atoms with Crippen LogP contribution in [0.3, 0.4) is 0 Å². The molecule has 0 aliphatic carbocycles. The molecule has 1 aliphatic heterocycles. The molecule has 6 heteroatoms. The maximum Gasteiger partial charge on any atom is 0.254 e. The molecule has 1 saturated heterocycles. The van der Waals surface area contributed by atoms with Crippen LogP contribution in [0.25, 0.3) is 0 Å². The third-order valence-corrected chi connectivity index (χ3v) is 6.14. The van der Waals surface area contributed by atoms with Gasteiger partial charge in [0.05, 0.1) is 10.6 Å². The molecule has 31 heavy (non-hydrogen) atoms. The molecule has 0 saturated carbocycles. The number of likely N-dealkylation sites (tertiary alicyclic amines) is 1. The number of hydrogen-bond donors (Lipinski definition) is 0. The lowest BCUT2D eigenvalue weighted by Crippen LogP contribution is -2.39. The highest BCUT2D eigenvalue weighted by Crippen LogP contribution is 2.30. The molecular formula is C25H23ClN4O. The van der Waals surface area contributed by atoms with Crippen LogP contribution in [0, 0.1) is 18.3 Å². The third kappa shape index (κ3) is 4.55. The van der Waals surface area contributed by atoms with Crippen molar-refractivity contribution in [2.45, 2.75) is 25.9 Å². The van der Waals surface area contributed by atoms with E-state index < -0.39 is 0 Å². The summed E-state index contributed by atoms with van der Waals surface area (Å²) >= 11 is 6.35. The minimum absolute atomic E-state index is 0.0265. The van der Waals surface area contributed by atoms with Crippen molar-refractivity contribution in [2.24, 2.45) is 0 Å². The molecule has 2 heterocycles. The number of rotatable bonds is 5. The molecule has 1 aromatic heterocycles. The van der Waals surface area contributed by atoms with Crippen LogP contribution in [-0.4, -0.2) is 34.9 Å². The number of nitrogens with zero attached hydrogens (tertiary/aromatic N) is 4. The maximum atomic E-state index is 12.9. The number of carbonyl (C=O) groups excluding carboxylic acids is 1. The lowest BCUT2D eigenvalue weighted by atomic mass is 10.1. The fourth-order valence-corrected chi connectivity index (χ4v) is 4.25. The van der Waals surface area contributed by atoms with Crippen molar-refractivity contribution < 1.29 is 4.79 Å². The van der Waals surface area contributed by atoms with Crippen LogP contribution in [0.1, 0.15) is 33.5 Å². The summed E-state index contributed by atoms with van der Waals surface area (Å²) in [5, 5.41) is 9.68. The van der Waals surface area contributed by atoms with E-state index in [0.717, 1.165) is 12.1 Å². The predicted octanol–water partition coefficient (Wildman–Crippen LogP) is 4.84. The van der Waals surface area contributed by atoms with Crippen molar-refractivity contribution in [2.75, 3.05) is 18.0 Å². The predicted molar refractivity (Wildman–Crippen MR) is 122 cm³/mol. The quantitative estimate of drug-likeness (QED) is 0.581. The van der Waals surface area contributed by atoms with E-state index in [1.807, 2.05) is 29.2 Å². The summed E-state index contributed by atoms with van der Waals surface area (Å²) in [6, 6.07) is 19.6. The second-order valence-electron chi connectivity index (χ2n) is 7.76. The maximum absolute atomic E-state index is 12.9. The zero-order valence-corrected chi connectivity index (χ0v) is 18.1. The van der Waals surface area contributed by atoms with Gasteiger partial charge in [0.1, 0.15) is 6.07 Å². The van der Waals surface area contributed by atoms with Crippen LogP contribution in [-0.2, 0) is 6.54 Å². The number of aryl methyl sites for hydroxylation is 1. The van der Waals surface area contributed by atoms with Gasteiger partial charge in [0.25, 0.3) is 5.91 Å². The number of halogens is 1. The summed E-state index contributed by atoms with van der Waals surface area (Å²) in [7, 11) is 0. The second kappa shape index (κ2) is 9.20. The number of pyridine rings is 1. The van der Waals surface area contributed by atoms with Gasteiger partial charge < -0.3 is 9.80 Å². The summed E-state index contributed by atoms with van der Waals surface area (Å²) in [4.78, 5) is 21.1. The van der Waals surface area contributed by atoms with Gasteiger partial charge in [0.2, 0.25) is 0 Å². The van der Waals surface area contributed by atoms with E-state index in [1.165, 1.54) is 11.1 Å². The van der Waals surface area contributed by atoms with E-state index in [2.05, 4.69) is 35.0 Å². The number of hydrogen-bond acceptors (Lipinski definition) is 4. The molecule has 0 spiro atoms. The molecule has 4 rings (SSSR count). The molecule has 1 amide bonds. The lowest BCUT2D eigenvalue weighted by molar-refractivity contribution is 0.0790. The molecule has 1 atom stereocenters. The van der Waals surface area contributed by atoms with Crippen molar-refractivity contribution in [3.8, 4) is 6.07 Å². The SMILES string of the molecule is Cc1ccccc1CN(c1ccc(C#N)c(Cl)c1)[C@H]1CCN(C(=O)c2ccncc2)C1. The molecule has 1 fully saturated rings. The Hall–Kier alpha value is -3.36. The Morgan fingerprint density at radius 2 is 2.00 bits per heavy atom. The van der Waals surface area contributed by atoms with Crippen LogP contribution in [0.5, 0.6) is 0 Å². The Labute approximate surface area is 187 Å². The van der Waals surface area contributed by atoms with Gasteiger partial charge in [-0.25, -0.2) is 0 Å². The second-order valence-corrected chi connectivity index (χ2v) is 8.17. The highest BCUT2D eigenvalue weighted by Gasteiger charge is 2.31. The fourth-order valence-electron chi connectivity index (χ4n) is 4.03. The van der Waals surface area contributed by atoms with E-state index in [1.54, 1.807) is 30.6 Å². The standard InChI is InChI=1S/C25H23ClN4O/c1-18-4-2-3-5-21(18)16-30(22-7-6-20(15-27)24(26)14-22)23-10-13-29(17-23)25(31)19-8-11-28-12-9-19/h2-9,11-12,14,23H,10,13,16-17H2,1H3/t23-/m0/s1. The highest BCUT2D eigenvalue weighted by molar-refractivity contribution is 6.32. The Morgan fingerprint density at radius 1 is 1.23 bits per heavy atom. The fraction of sp³-hybridized carbons (Fsp3) is 0.240. The first-order valence-corrected chi connectivity index (χ1v) is 10.6. The monoisotopic (exact) mass is 430 g/mol. The van der Waals surface area contributed by atoms with Crippen LogP contribution >= 0.6 is 11.6 Å². The molecule has 0 bridgehead atoms. The number of amides is 1. The molecule has 0 N–H and O–H groups in total. The van der Waals surface area contributed by atoms with E-state index in [4.69, 9.17) is 11.6 Å². The normalized spacial score (nSPS) is 15.5. The van der Waals surface area contributed by atoms with Gasteiger partial charge in [-0.05, 0) is 54.8 Å². The smallest absolute Gasteiger partial charge is 0.254 e. The summed E-state index contributed by atoms with van der Waals surface area (Å²) in [6.07, 6.45) is 4.15. The van der Waals surface area contributed by atoms with E-state index in [0.29, 0.717) is 35.8 Å². The van der Waals surface area contributed by atoms with Gasteiger partial charge in [-0.3, -0.25) is 9.78 Å². The summed E-state index contributed by atoms with van der Waals surface area (Å²) in [5.74, 6) is 0.0265. The minimum atomic E-state index is 0.0265. The largest absolute Gasteiger partial charge is 0.362 e. The van der Waals surface area contributed by atoms with Crippen LogP contribution in [0.4, 0.5) is 5.69 Å². The van der Waals surface area contributed by atoms with Crippen LogP contribution in [0.15, 0.2) is 67.0 Å². The number of aromatic nitrogens is 1. The summed E-state index contributed by atoms with van der Waals surface area (Å²) in [5.41, 5.74) is 4.51. The molecule has 3 aromatic rings. The number of anilines is 1. The zero-order valence-electron chi connectivity index (χ0n) is 17.3. The van der Waals surface area contributed by atoms with Gasteiger partial charge in [0.15, 0.2) is 0 Å². The van der Waals surface area contributed by atoms with Gasteiger partial charge in [-0.2, -0.15) is 5.26 Å². The molecule has 1 aliphatic rings.